The third-order valence-electron chi connectivity index (χ3n) is 3.17. The molecular weight excluding hydrogens is 304 g/mol. The van der Waals surface area contributed by atoms with Crippen molar-refractivity contribution < 1.29 is 14.3 Å². The quantitative estimate of drug-likeness (QED) is 0.821. The number of amides is 2. The molecule has 0 unspecified atom stereocenters. The van der Waals surface area contributed by atoms with Crippen molar-refractivity contribution in [3.05, 3.63) is 60.2 Å². The van der Waals surface area contributed by atoms with E-state index in [-0.39, 0.29) is 18.4 Å². The fourth-order valence-corrected chi connectivity index (χ4v) is 1.95. The second-order valence-electron chi connectivity index (χ2n) is 5.83. The van der Waals surface area contributed by atoms with Crippen molar-refractivity contribution in [1.82, 2.24) is 5.32 Å². The Balaban J connectivity index is 1.79. The Labute approximate surface area is 142 Å². The van der Waals surface area contributed by atoms with Gasteiger partial charge < -0.3 is 15.4 Å². The highest BCUT2D eigenvalue weighted by Crippen LogP contribution is 2.16. The van der Waals surface area contributed by atoms with Crippen molar-refractivity contribution in [3.8, 4) is 5.75 Å². The minimum Gasteiger partial charge on any atom is -0.493 e. The summed E-state index contributed by atoms with van der Waals surface area (Å²) < 4.78 is 5.59. The molecule has 2 amide bonds. The van der Waals surface area contributed by atoms with Crippen LogP contribution < -0.4 is 15.4 Å². The predicted octanol–water partition coefficient (Wildman–Crippen LogP) is 3.09. The molecule has 0 radical (unpaired) electrons. The fraction of sp³-hybridized carbons (Fsp3) is 0.263. The fourth-order valence-electron chi connectivity index (χ4n) is 1.95. The Kier molecular flexibility index (Phi) is 6.37. The van der Waals surface area contributed by atoms with E-state index in [9.17, 15) is 9.59 Å². The van der Waals surface area contributed by atoms with Gasteiger partial charge in [0.15, 0.2) is 0 Å². The van der Waals surface area contributed by atoms with Crippen molar-refractivity contribution in [2.24, 2.45) is 5.92 Å². The zero-order chi connectivity index (χ0) is 17.4. The van der Waals surface area contributed by atoms with E-state index in [1.54, 1.807) is 48.5 Å². The molecule has 0 saturated carbocycles. The number of carbonyl (C=O) groups is 2. The van der Waals surface area contributed by atoms with Gasteiger partial charge >= 0.3 is 0 Å². The number of benzene rings is 2. The molecule has 2 N–H and O–H groups in total. The Bertz CT molecular complexity index is 667. The van der Waals surface area contributed by atoms with E-state index in [1.807, 2.05) is 6.07 Å². The van der Waals surface area contributed by atoms with Gasteiger partial charge in [0, 0.05) is 11.3 Å². The monoisotopic (exact) mass is 326 g/mol. The second-order valence-corrected chi connectivity index (χ2v) is 5.83. The van der Waals surface area contributed by atoms with Gasteiger partial charge in [-0.05, 0) is 42.3 Å². The van der Waals surface area contributed by atoms with Crippen LogP contribution in [0.4, 0.5) is 5.69 Å². The molecule has 0 bridgehead atoms. The van der Waals surface area contributed by atoms with Gasteiger partial charge in [0.2, 0.25) is 5.91 Å². The highest BCUT2D eigenvalue weighted by molar-refractivity contribution is 5.99. The molecule has 0 saturated heterocycles. The van der Waals surface area contributed by atoms with E-state index < -0.39 is 0 Å². The van der Waals surface area contributed by atoms with E-state index >= 15 is 0 Å². The van der Waals surface area contributed by atoms with Crippen LogP contribution in [0.25, 0.3) is 0 Å². The van der Waals surface area contributed by atoms with Crippen LogP contribution in [0.15, 0.2) is 54.6 Å². The van der Waals surface area contributed by atoms with Gasteiger partial charge in [-0.25, -0.2) is 0 Å². The van der Waals surface area contributed by atoms with E-state index in [2.05, 4.69) is 24.5 Å². The molecule has 0 aliphatic heterocycles. The summed E-state index contributed by atoms with van der Waals surface area (Å²) in [4.78, 5) is 23.8. The van der Waals surface area contributed by atoms with Crippen molar-refractivity contribution in [3.63, 3.8) is 0 Å². The first-order valence-corrected chi connectivity index (χ1v) is 7.90. The molecule has 2 rings (SSSR count). The number of hydrogen-bond donors (Lipinski definition) is 2. The summed E-state index contributed by atoms with van der Waals surface area (Å²) in [7, 11) is 0. The first-order chi connectivity index (χ1) is 11.5. The Hall–Kier alpha value is -2.82. The summed E-state index contributed by atoms with van der Waals surface area (Å²) >= 11 is 0. The largest absolute Gasteiger partial charge is 0.493 e. The number of nitrogens with one attached hydrogen (secondary N) is 2. The summed E-state index contributed by atoms with van der Waals surface area (Å²) in [5.41, 5.74) is 1.18. The summed E-state index contributed by atoms with van der Waals surface area (Å²) in [6, 6.07) is 15.9. The lowest BCUT2D eigenvalue weighted by atomic mass is 10.2. The van der Waals surface area contributed by atoms with Crippen LogP contribution in [0, 0.1) is 5.92 Å². The number of anilines is 1. The van der Waals surface area contributed by atoms with E-state index in [4.69, 9.17) is 4.74 Å². The predicted molar refractivity (Wildman–Crippen MR) is 94.2 cm³/mol. The molecule has 0 heterocycles. The van der Waals surface area contributed by atoms with Gasteiger partial charge in [-0.15, -0.1) is 0 Å². The number of ether oxygens (including phenoxy) is 1. The minimum absolute atomic E-state index is 0.0840. The molecule has 0 fully saturated rings. The lowest BCUT2D eigenvalue weighted by Crippen LogP contribution is -2.32. The Morgan fingerprint density at radius 2 is 1.67 bits per heavy atom. The van der Waals surface area contributed by atoms with Gasteiger partial charge in [-0.2, -0.15) is 0 Å². The summed E-state index contributed by atoms with van der Waals surface area (Å²) in [6.45, 7) is 4.73. The molecule has 0 atom stereocenters. The van der Waals surface area contributed by atoms with E-state index in [1.165, 1.54) is 0 Å². The Morgan fingerprint density at radius 1 is 1.00 bits per heavy atom. The van der Waals surface area contributed by atoms with Crippen molar-refractivity contribution in [2.45, 2.75) is 13.8 Å². The highest BCUT2D eigenvalue weighted by Gasteiger charge is 2.08. The number of rotatable bonds is 7. The van der Waals surface area contributed by atoms with Crippen LogP contribution in [0.3, 0.4) is 0 Å². The Morgan fingerprint density at radius 3 is 2.29 bits per heavy atom. The standard InChI is InChI=1S/C19H22N2O3/c1-14(2)13-24-17-10-8-16(9-11-17)21-18(22)12-20-19(23)15-6-4-3-5-7-15/h3-11,14H,12-13H2,1-2H3,(H,20,23)(H,21,22). The number of hydrogen-bond acceptors (Lipinski definition) is 3. The molecule has 0 aliphatic rings. The first kappa shape index (κ1) is 17.5. The average molecular weight is 326 g/mol. The van der Waals surface area contributed by atoms with Crippen LogP contribution in [-0.4, -0.2) is 25.0 Å². The van der Waals surface area contributed by atoms with Crippen LogP contribution in [0.5, 0.6) is 5.75 Å². The molecule has 0 spiro atoms. The zero-order valence-electron chi connectivity index (χ0n) is 13.9. The van der Waals surface area contributed by atoms with Gasteiger partial charge in [0.1, 0.15) is 5.75 Å². The van der Waals surface area contributed by atoms with E-state index in [0.29, 0.717) is 23.8 Å². The molecule has 0 aromatic heterocycles. The van der Waals surface area contributed by atoms with Crippen molar-refractivity contribution in [1.29, 1.82) is 0 Å². The topological polar surface area (TPSA) is 67.4 Å². The van der Waals surface area contributed by atoms with Crippen molar-refractivity contribution >= 4 is 17.5 Å². The maximum absolute atomic E-state index is 11.9. The summed E-state index contributed by atoms with van der Waals surface area (Å²) in [5.74, 6) is 0.662. The first-order valence-electron chi connectivity index (χ1n) is 7.90. The molecule has 2 aromatic rings. The molecule has 126 valence electrons. The van der Waals surface area contributed by atoms with Gasteiger partial charge in [0.05, 0.1) is 13.2 Å². The van der Waals surface area contributed by atoms with E-state index in [0.717, 1.165) is 5.75 Å². The zero-order valence-corrected chi connectivity index (χ0v) is 13.9. The lowest BCUT2D eigenvalue weighted by molar-refractivity contribution is -0.115. The molecular formula is C19H22N2O3. The third-order valence-corrected chi connectivity index (χ3v) is 3.17. The van der Waals surface area contributed by atoms with Gasteiger partial charge in [-0.3, -0.25) is 9.59 Å². The van der Waals surface area contributed by atoms with Crippen LogP contribution >= 0.6 is 0 Å². The number of carbonyl (C=O) groups excluding carboxylic acids is 2. The maximum atomic E-state index is 11.9. The van der Waals surface area contributed by atoms with Crippen LogP contribution in [0.2, 0.25) is 0 Å². The maximum Gasteiger partial charge on any atom is 0.251 e. The molecule has 5 nitrogen and oxygen atoms in total. The molecule has 5 heteroatoms. The van der Waals surface area contributed by atoms with Crippen LogP contribution in [-0.2, 0) is 4.79 Å². The molecule has 2 aromatic carbocycles. The SMILES string of the molecule is CC(C)COc1ccc(NC(=O)CNC(=O)c2ccccc2)cc1. The average Bonchev–Trinajstić information content (AvgIpc) is 2.60. The van der Waals surface area contributed by atoms with Crippen LogP contribution in [0.1, 0.15) is 24.2 Å². The summed E-state index contributed by atoms with van der Waals surface area (Å²) in [6.07, 6.45) is 0. The molecule has 0 aliphatic carbocycles. The smallest absolute Gasteiger partial charge is 0.251 e. The second kappa shape index (κ2) is 8.72. The summed E-state index contributed by atoms with van der Waals surface area (Å²) in [5, 5.41) is 5.32. The molecule has 24 heavy (non-hydrogen) atoms. The minimum atomic E-state index is -0.282. The third kappa shape index (κ3) is 5.76. The normalized spacial score (nSPS) is 10.3. The highest BCUT2D eigenvalue weighted by atomic mass is 16.5. The lowest BCUT2D eigenvalue weighted by Gasteiger charge is -2.10. The van der Waals surface area contributed by atoms with Gasteiger partial charge in [0.25, 0.3) is 5.91 Å². The van der Waals surface area contributed by atoms with Crippen molar-refractivity contribution in [2.75, 3.05) is 18.5 Å². The van der Waals surface area contributed by atoms with Gasteiger partial charge in [-0.1, -0.05) is 32.0 Å².